The van der Waals surface area contributed by atoms with Crippen LogP contribution in [0, 0.1) is 5.92 Å². The molecule has 0 spiro atoms. The lowest BCUT2D eigenvalue weighted by atomic mass is 9.76. The van der Waals surface area contributed by atoms with Crippen LogP contribution in [0.4, 0.5) is 4.79 Å². The normalized spacial score (nSPS) is 30.4. The summed E-state index contributed by atoms with van der Waals surface area (Å²) in [5.74, 6) is -0.436. The van der Waals surface area contributed by atoms with E-state index in [-0.39, 0.29) is 18.2 Å². The molecule has 6 nitrogen and oxygen atoms in total. The van der Waals surface area contributed by atoms with Gasteiger partial charge in [-0.05, 0) is 38.5 Å². The maximum Gasteiger partial charge on any atom is 0.326 e. The Balaban J connectivity index is 2.08. The SMILES string of the molecule is COC(C)CNC(=O)N1C(C(=O)O)CCC2CCCCC21. The van der Waals surface area contributed by atoms with E-state index in [4.69, 9.17) is 4.74 Å². The number of carbonyl (C=O) groups excluding carboxylic acids is 1. The van der Waals surface area contributed by atoms with Crippen LogP contribution in [-0.2, 0) is 9.53 Å². The molecule has 0 radical (unpaired) electrons. The smallest absolute Gasteiger partial charge is 0.326 e. The van der Waals surface area contributed by atoms with Gasteiger partial charge in [-0.3, -0.25) is 0 Å². The molecule has 0 aromatic heterocycles. The van der Waals surface area contributed by atoms with Gasteiger partial charge in [0.2, 0.25) is 0 Å². The van der Waals surface area contributed by atoms with Gasteiger partial charge >= 0.3 is 12.0 Å². The Morgan fingerprint density at radius 3 is 2.67 bits per heavy atom. The lowest BCUT2D eigenvalue weighted by Crippen LogP contribution is -2.60. The van der Waals surface area contributed by atoms with E-state index < -0.39 is 12.0 Å². The van der Waals surface area contributed by atoms with Crippen molar-refractivity contribution in [1.29, 1.82) is 0 Å². The van der Waals surface area contributed by atoms with Crippen LogP contribution >= 0.6 is 0 Å². The van der Waals surface area contributed by atoms with E-state index in [0.717, 1.165) is 25.7 Å². The second-order valence-corrected chi connectivity index (χ2v) is 6.18. The molecule has 0 aromatic carbocycles. The van der Waals surface area contributed by atoms with Gasteiger partial charge in [0.25, 0.3) is 0 Å². The van der Waals surface area contributed by atoms with Gasteiger partial charge in [0.1, 0.15) is 6.04 Å². The number of fused-ring (bicyclic) bond motifs is 1. The Morgan fingerprint density at radius 2 is 2.00 bits per heavy atom. The highest BCUT2D eigenvalue weighted by molar-refractivity contribution is 5.83. The number of hydrogen-bond acceptors (Lipinski definition) is 3. The summed E-state index contributed by atoms with van der Waals surface area (Å²) in [6.45, 7) is 2.27. The number of likely N-dealkylation sites (tertiary alicyclic amines) is 1. The second kappa shape index (κ2) is 7.11. The van der Waals surface area contributed by atoms with Crippen molar-refractivity contribution < 1.29 is 19.4 Å². The van der Waals surface area contributed by atoms with Crippen molar-refractivity contribution in [3.63, 3.8) is 0 Å². The minimum Gasteiger partial charge on any atom is -0.480 e. The predicted octanol–water partition coefficient (Wildman–Crippen LogP) is 1.84. The minimum absolute atomic E-state index is 0.0754. The minimum atomic E-state index is -0.894. The third-order valence-corrected chi connectivity index (χ3v) is 4.84. The van der Waals surface area contributed by atoms with E-state index >= 15 is 0 Å². The zero-order chi connectivity index (χ0) is 15.4. The molecule has 1 aliphatic carbocycles. The van der Waals surface area contributed by atoms with Crippen LogP contribution in [0.2, 0.25) is 0 Å². The molecule has 2 amide bonds. The lowest BCUT2D eigenvalue weighted by molar-refractivity contribution is -0.145. The van der Waals surface area contributed by atoms with Crippen molar-refractivity contribution >= 4 is 12.0 Å². The lowest BCUT2D eigenvalue weighted by Gasteiger charge is -2.47. The molecule has 21 heavy (non-hydrogen) atoms. The number of aliphatic carboxylic acids is 1. The van der Waals surface area contributed by atoms with Crippen LogP contribution in [-0.4, -0.2) is 53.8 Å². The van der Waals surface area contributed by atoms with E-state index in [2.05, 4.69) is 5.32 Å². The fraction of sp³-hybridized carbons (Fsp3) is 0.867. The number of ether oxygens (including phenoxy) is 1. The van der Waals surface area contributed by atoms with Gasteiger partial charge in [-0.1, -0.05) is 12.8 Å². The quantitative estimate of drug-likeness (QED) is 0.830. The van der Waals surface area contributed by atoms with Crippen LogP contribution in [0.1, 0.15) is 45.4 Å². The number of piperidine rings is 1. The zero-order valence-corrected chi connectivity index (χ0v) is 12.9. The average Bonchev–Trinajstić information content (AvgIpc) is 2.50. The van der Waals surface area contributed by atoms with Crippen LogP contribution in [0.25, 0.3) is 0 Å². The predicted molar refractivity (Wildman–Crippen MR) is 78.1 cm³/mol. The second-order valence-electron chi connectivity index (χ2n) is 6.18. The summed E-state index contributed by atoms with van der Waals surface area (Å²) in [4.78, 5) is 25.6. The number of methoxy groups -OCH3 is 1. The number of urea groups is 1. The third kappa shape index (κ3) is 3.67. The van der Waals surface area contributed by atoms with Gasteiger partial charge in [0, 0.05) is 19.7 Å². The molecule has 2 N–H and O–H groups in total. The number of hydrogen-bond donors (Lipinski definition) is 2. The number of carboxylic acids is 1. The highest BCUT2D eigenvalue weighted by atomic mass is 16.5. The Morgan fingerprint density at radius 1 is 1.29 bits per heavy atom. The van der Waals surface area contributed by atoms with Crippen molar-refractivity contribution in [2.45, 2.75) is 63.6 Å². The Bertz CT molecular complexity index is 388. The fourth-order valence-corrected chi connectivity index (χ4v) is 3.57. The van der Waals surface area contributed by atoms with Crippen molar-refractivity contribution in [1.82, 2.24) is 10.2 Å². The van der Waals surface area contributed by atoms with E-state index in [1.807, 2.05) is 6.92 Å². The number of nitrogens with one attached hydrogen (secondary N) is 1. The highest BCUT2D eigenvalue weighted by Gasteiger charge is 2.43. The van der Waals surface area contributed by atoms with Crippen molar-refractivity contribution in [3.8, 4) is 0 Å². The summed E-state index contributed by atoms with van der Waals surface area (Å²) in [5, 5.41) is 12.2. The number of nitrogens with zero attached hydrogens (tertiary/aromatic N) is 1. The third-order valence-electron chi connectivity index (χ3n) is 4.84. The molecule has 6 heteroatoms. The molecule has 1 aliphatic heterocycles. The topological polar surface area (TPSA) is 78.9 Å². The van der Waals surface area contributed by atoms with Crippen LogP contribution < -0.4 is 5.32 Å². The van der Waals surface area contributed by atoms with Gasteiger partial charge in [-0.25, -0.2) is 9.59 Å². The fourth-order valence-electron chi connectivity index (χ4n) is 3.57. The Labute approximate surface area is 125 Å². The molecule has 4 unspecified atom stereocenters. The molecule has 1 heterocycles. The summed E-state index contributed by atoms with van der Waals surface area (Å²) >= 11 is 0. The Kier molecular flexibility index (Phi) is 5.45. The van der Waals surface area contributed by atoms with Crippen molar-refractivity contribution in [2.75, 3.05) is 13.7 Å². The van der Waals surface area contributed by atoms with Gasteiger partial charge in [-0.2, -0.15) is 0 Å². The molecule has 0 aromatic rings. The van der Waals surface area contributed by atoms with Crippen LogP contribution in [0.15, 0.2) is 0 Å². The number of rotatable bonds is 4. The molecular formula is C15H26N2O4. The summed E-state index contributed by atoms with van der Waals surface area (Å²) in [5.41, 5.74) is 0. The largest absolute Gasteiger partial charge is 0.480 e. The summed E-state index contributed by atoms with van der Waals surface area (Å²) in [7, 11) is 1.59. The molecule has 4 atom stereocenters. The van der Waals surface area contributed by atoms with Gasteiger partial charge < -0.3 is 20.1 Å². The number of carboxylic acid groups (broad SMARTS) is 1. The molecule has 2 fully saturated rings. The Hall–Kier alpha value is -1.30. The summed E-state index contributed by atoms with van der Waals surface area (Å²) in [6, 6.07) is -0.878. The first kappa shape index (κ1) is 16.1. The van der Waals surface area contributed by atoms with Gasteiger partial charge in [-0.15, -0.1) is 0 Å². The number of carbonyl (C=O) groups is 2. The first-order chi connectivity index (χ1) is 10.0. The average molecular weight is 298 g/mol. The van der Waals surface area contributed by atoms with E-state index in [1.54, 1.807) is 12.0 Å². The monoisotopic (exact) mass is 298 g/mol. The van der Waals surface area contributed by atoms with Crippen LogP contribution in [0.3, 0.4) is 0 Å². The first-order valence-corrected chi connectivity index (χ1v) is 7.86. The van der Waals surface area contributed by atoms with E-state index in [0.29, 0.717) is 18.9 Å². The molecular weight excluding hydrogens is 272 g/mol. The van der Waals surface area contributed by atoms with Crippen LogP contribution in [0.5, 0.6) is 0 Å². The van der Waals surface area contributed by atoms with Crippen molar-refractivity contribution in [2.24, 2.45) is 5.92 Å². The van der Waals surface area contributed by atoms with E-state index in [1.165, 1.54) is 6.42 Å². The maximum atomic E-state index is 12.5. The molecule has 1 saturated heterocycles. The molecule has 2 aliphatic rings. The molecule has 120 valence electrons. The van der Waals surface area contributed by atoms with Gasteiger partial charge in [0.15, 0.2) is 0 Å². The summed E-state index contributed by atoms with van der Waals surface area (Å²) < 4.78 is 5.12. The van der Waals surface area contributed by atoms with E-state index in [9.17, 15) is 14.7 Å². The molecule has 2 rings (SSSR count). The van der Waals surface area contributed by atoms with Crippen molar-refractivity contribution in [3.05, 3.63) is 0 Å². The summed E-state index contributed by atoms with van der Waals surface area (Å²) in [6.07, 6.45) is 5.69. The van der Waals surface area contributed by atoms with Gasteiger partial charge in [0.05, 0.1) is 6.10 Å². The maximum absolute atomic E-state index is 12.5. The first-order valence-electron chi connectivity index (χ1n) is 7.86. The standard InChI is InChI=1S/C15H26N2O4/c1-10(21-2)9-16-15(20)17-12-6-4-3-5-11(12)7-8-13(17)14(18)19/h10-13H,3-9H2,1-2H3,(H,16,20)(H,18,19). The molecule has 0 bridgehead atoms. The number of amides is 2. The molecule has 1 saturated carbocycles. The highest BCUT2D eigenvalue weighted by Crippen LogP contribution is 2.37. The zero-order valence-electron chi connectivity index (χ0n) is 12.9.